The maximum atomic E-state index is 5.69. The molecule has 0 aromatic heterocycles. The zero-order valence-corrected chi connectivity index (χ0v) is 7.38. The average molecular weight is 154 g/mol. The first-order valence-corrected chi connectivity index (χ1v) is 5.01. The normalized spacial score (nSPS) is 43.9. The van der Waals surface area contributed by atoms with Crippen molar-refractivity contribution in [3.63, 3.8) is 0 Å². The lowest BCUT2D eigenvalue weighted by molar-refractivity contribution is 0.0452. The molecule has 1 saturated carbocycles. The van der Waals surface area contributed by atoms with Gasteiger partial charge in [-0.3, -0.25) is 0 Å². The van der Waals surface area contributed by atoms with Crippen LogP contribution in [-0.2, 0) is 4.74 Å². The molecule has 0 bridgehead atoms. The van der Waals surface area contributed by atoms with E-state index in [0.29, 0.717) is 6.10 Å². The fraction of sp³-hybridized carbons (Fsp3) is 1.00. The van der Waals surface area contributed by atoms with Gasteiger partial charge in [-0.05, 0) is 31.1 Å². The highest BCUT2D eigenvalue weighted by Gasteiger charge is 2.33. The molecule has 1 nitrogen and oxygen atoms in total. The van der Waals surface area contributed by atoms with E-state index in [2.05, 4.69) is 6.92 Å². The van der Waals surface area contributed by atoms with Gasteiger partial charge in [0.25, 0.3) is 0 Å². The lowest BCUT2D eigenvalue weighted by Gasteiger charge is -2.29. The van der Waals surface area contributed by atoms with Gasteiger partial charge in [-0.25, -0.2) is 0 Å². The van der Waals surface area contributed by atoms with Gasteiger partial charge in [0.05, 0.1) is 6.10 Å². The number of rotatable bonds is 1. The van der Waals surface area contributed by atoms with Crippen molar-refractivity contribution in [3.05, 3.63) is 0 Å². The number of hydrogen-bond acceptors (Lipinski definition) is 1. The Labute approximate surface area is 69.1 Å². The Kier molecular flexibility index (Phi) is 2.17. The molecular formula is C10H18O. The van der Waals surface area contributed by atoms with Gasteiger partial charge in [-0.1, -0.05) is 19.8 Å². The summed E-state index contributed by atoms with van der Waals surface area (Å²) >= 11 is 0. The topological polar surface area (TPSA) is 9.23 Å². The fourth-order valence-corrected chi connectivity index (χ4v) is 2.55. The minimum atomic E-state index is 0.647. The van der Waals surface area contributed by atoms with Crippen LogP contribution in [0.1, 0.15) is 39.0 Å². The highest BCUT2D eigenvalue weighted by atomic mass is 16.5. The highest BCUT2D eigenvalue weighted by Crippen LogP contribution is 2.37. The summed E-state index contributed by atoms with van der Waals surface area (Å²) in [4.78, 5) is 0. The molecule has 1 heterocycles. The van der Waals surface area contributed by atoms with Gasteiger partial charge in [-0.15, -0.1) is 0 Å². The third kappa shape index (κ3) is 1.44. The fourth-order valence-electron chi connectivity index (χ4n) is 2.55. The first kappa shape index (κ1) is 7.60. The Hall–Kier alpha value is -0.0400. The Balaban J connectivity index is 1.91. The molecule has 0 N–H and O–H groups in total. The van der Waals surface area contributed by atoms with E-state index in [9.17, 15) is 0 Å². The molecule has 1 aliphatic carbocycles. The molecule has 1 heteroatoms. The van der Waals surface area contributed by atoms with Crippen molar-refractivity contribution < 1.29 is 4.74 Å². The molecule has 2 fully saturated rings. The van der Waals surface area contributed by atoms with Crippen molar-refractivity contribution >= 4 is 0 Å². The van der Waals surface area contributed by atoms with Crippen molar-refractivity contribution in [2.75, 3.05) is 6.61 Å². The summed E-state index contributed by atoms with van der Waals surface area (Å²) in [5, 5.41) is 0. The van der Waals surface area contributed by atoms with E-state index >= 15 is 0 Å². The molecule has 0 spiro atoms. The van der Waals surface area contributed by atoms with E-state index in [0.717, 1.165) is 18.4 Å². The maximum absolute atomic E-state index is 5.69. The minimum Gasteiger partial charge on any atom is -0.378 e. The van der Waals surface area contributed by atoms with Crippen LogP contribution in [-0.4, -0.2) is 12.7 Å². The summed E-state index contributed by atoms with van der Waals surface area (Å²) in [6.07, 6.45) is 7.58. The molecule has 0 radical (unpaired) electrons. The Morgan fingerprint density at radius 1 is 1.27 bits per heavy atom. The quantitative estimate of drug-likeness (QED) is 0.564. The monoisotopic (exact) mass is 154 g/mol. The van der Waals surface area contributed by atoms with Gasteiger partial charge >= 0.3 is 0 Å². The Bertz CT molecular complexity index is 133. The molecule has 0 aromatic rings. The number of ether oxygens (including phenoxy) is 1. The van der Waals surface area contributed by atoms with Crippen molar-refractivity contribution in [2.45, 2.75) is 45.1 Å². The smallest absolute Gasteiger partial charge is 0.0606 e. The molecule has 2 aliphatic rings. The molecular weight excluding hydrogens is 136 g/mol. The first-order chi connectivity index (χ1) is 5.40. The summed E-state index contributed by atoms with van der Waals surface area (Å²) in [6, 6.07) is 0. The predicted molar refractivity (Wildman–Crippen MR) is 45.5 cm³/mol. The van der Waals surface area contributed by atoms with Gasteiger partial charge < -0.3 is 4.74 Å². The van der Waals surface area contributed by atoms with Crippen molar-refractivity contribution in [3.8, 4) is 0 Å². The van der Waals surface area contributed by atoms with E-state index in [4.69, 9.17) is 4.74 Å². The number of hydrogen-bond donors (Lipinski definition) is 0. The van der Waals surface area contributed by atoms with Gasteiger partial charge in [0, 0.05) is 6.61 Å². The van der Waals surface area contributed by atoms with E-state index < -0.39 is 0 Å². The van der Waals surface area contributed by atoms with Crippen LogP contribution in [0.3, 0.4) is 0 Å². The molecule has 3 atom stereocenters. The molecule has 0 amide bonds. The number of fused-ring (bicyclic) bond motifs is 1. The maximum Gasteiger partial charge on any atom is 0.0606 e. The molecule has 3 unspecified atom stereocenters. The van der Waals surface area contributed by atoms with Crippen LogP contribution in [0.15, 0.2) is 0 Å². The largest absolute Gasteiger partial charge is 0.378 e. The van der Waals surface area contributed by atoms with Gasteiger partial charge in [0.2, 0.25) is 0 Å². The van der Waals surface area contributed by atoms with Crippen molar-refractivity contribution in [1.82, 2.24) is 0 Å². The van der Waals surface area contributed by atoms with Crippen molar-refractivity contribution in [2.24, 2.45) is 11.8 Å². The van der Waals surface area contributed by atoms with Crippen LogP contribution in [0.2, 0.25) is 0 Å². The zero-order valence-electron chi connectivity index (χ0n) is 7.38. The predicted octanol–water partition coefficient (Wildman–Crippen LogP) is 2.60. The van der Waals surface area contributed by atoms with Crippen LogP contribution in [0.5, 0.6) is 0 Å². The second-order valence-corrected chi connectivity index (χ2v) is 4.05. The zero-order chi connectivity index (χ0) is 7.68. The van der Waals surface area contributed by atoms with E-state index in [1.165, 1.54) is 32.1 Å². The summed E-state index contributed by atoms with van der Waals surface area (Å²) in [5.74, 6) is 1.90. The molecule has 64 valence electrons. The van der Waals surface area contributed by atoms with Crippen LogP contribution in [0.25, 0.3) is 0 Å². The summed E-state index contributed by atoms with van der Waals surface area (Å²) < 4.78 is 5.69. The first-order valence-electron chi connectivity index (χ1n) is 5.01. The van der Waals surface area contributed by atoms with Gasteiger partial charge in [0.1, 0.15) is 0 Å². The molecule has 2 rings (SSSR count). The van der Waals surface area contributed by atoms with Crippen LogP contribution in [0, 0.1) is 11.8 Å². The summed E-state index contributed by atoms with van der Waals surface area (Å²) in [5.41, 5.74) is 0. The van der Waals surface area contributed by atoms with Crippen molar-refractivity contribution in [1.29, 1.82) is 0 Å². The Morgan fingerprint density at radius 3 is 3.00 bits per heavy atom. The second kappa shape index (κ2) is 3.14. The summed E-state index contributed by atoms with van der Waals surface area (Å²) in [6.45, 7) is 3.34. The van der Waals surface area contributed by atoms with Crippen LogP contribution >= 0.6 is 0 Å². The lowest BCUT2D eigenvalue weighted by atomic mass is 9.79. The molecule has 0 aromatic carbocycles. The highest BCUT2D eigenvalue weighted by molar-refractivity contribution is 4.83. The van der Waals surface area contributed by atoms with Crippen LogP contribution in [0.4, 0.5) is 0 Å². The average Bonchev–Trinajstić information content (AvgIpc) is 2.50. The minimum absolute atomic E-state index is 0.647. The molecule has 11 heavy (non-hydrogen) atoms. The molecule has 1 saturated heterocycles. The molecule has 1 aliphatic heterocycles. The standard InChI is InChI=1S/C10H18O/c1-2-8-3-4-9-5-6-11-10(9)7-8/h8-10H,2-7H2,1H3. The SMILES string of the molecule is CCC1CCC2CCOC2C1. The van der Waals surface area contributed by atoms with E-state index in [-0.39, 0.29) is 0 Å². The lowest BCUT2D eigenvalue weighted by Crippen LogP contribution is -2.25. The third-order valence-electron chi connectivity index (χ3n) is 3.44. The summed E-state index contributed by atoms with van der Waals surface area (Å²) in [7, 11) is 0. The van der Waals surface area contributed by atoms with Gasteiger partial charge in [-0.2, -0.15) is 0 Å². The third-order valence-corrected chi connectivity index (χ3v) is 3.44. The second-order valence-electron chi connectivity index (χ2n) is 4.05. The van der Waals surface area contributed by atoms with Crippen LogP contribution < -0.4 is 0 Å². The van der Waals surface area contributed by atoms with E-state index in [1.54, 1.807) is 0 Å². The van der Waals surface area contributed by atoms with Gasteiger partial charge in [0.15, 0.2) is 0 Å². The Morgan fingerprint density at radius 2 is 2.18 bits per heavy atom. The van der Waals surface area contributed by atoms with E-state index in [1.807, 2.05) is 0 Å².